The van der Waals surface area contributed by atoms with Crippen molar-refractivity contribution in [3.8, 4) is 0 Å². The molecule has 18 heavy (non-hydrogen) atoms. The largest absolute Gasteiger partial charge is 0.416 e. The number of anilines is 1. The Labute approximate surface area is 102 Å². The third-order valence-electron chi connectivity index (χ3n) is 2.58. The average molecular weight is 255 g/mol. The van der Waals surface area contributed by atoms with E-state index in [-0.39, 0.29) is 12.1 Å². The SMILES string of the molecule is Cn1ccnc1NCc1ccccc1C(F)(F)F. The monoisotopic (exact) mass is 255 g/mol. The Balaban J connectivity index is 2.17. The predicted octanol–water partition coefficient (Wildman–Crippen LogP) is 3.05. The van der Waals surface area contributed by atoms with Crippen LogP contribution in [0.2, 0.25) is 0 Å². The number of aryl methyl sites for hydroxylation is 1. The number of nitrogens with one attached hydrogen (secondary N) is 1. The number of nitrogens with zero attached hydrogens (tertiary/aromatic N) is 2. The fourth-order valence-corrected chi connectivity index (χ4v) is 1.66. The summed E-state index contributed by atoms with van der Waals surface area (Å²) in [5, 5.41) is 2.87. The van der Waals surface area contributed by atoms with Gasteiger partial charge in [0.05, 0.1) is 5.56 Å². The van der Waals surface area contributed by atoms with E-state index < -0.39 is 11.7 Å². The van der Waals surface area contributed by atoms with E-state index in [2.05, 4.69) is 10.3 Å². The van der Waals surface area contributed by atoms with E-state index in [4.69, 9.17) is 0 Å². The summed E-state index contributed by atoms with van der Waals surface area (Å²) >= 11 is 0. The van der Waals surface area contributed by atoms with Crippen molar-refractivity contribution in [1.29, 1.82) is 0 Å². The molecular formula is C12H12F3N3. The van der Waals surface area contributed by atoms with Crippen molar-refractivity contribution in [3.05, 3.63) is 47.8 Å². The van der Waals surface area contributed by atoms with E-state index in [1.807, 2.05) is 0 Å². The normalized spacial score (nSPS) is 11.6. The molecule has 0 unspecified atom stereocenters. The molecule has 0 radical (unpaired) electrons. The fraction of sp³-hybridized carbons (Fsp3) is 0.250. The summed E-state index contributed by atoms with van der Waals surface area (Å²) in [4.78, 5) is 3.99. The van der Waals surface area contributed by atoms with Crippen molar-refractivity contribution in [3.63, 3.8) is 0 Å². The van der Waals surface area contributed by atoms with Crippen LogP contribution in [0.4, 0.5) is 19.1 Å². The number of rotatable bonds is 3. The van der Waals surface area contributed by atoms with Gasteiger partial charge in [0.1, 0.15) is 0 Å². The van der Waals surface area contributed by atoms with Crippen molar-refractivity contribution < 1.29 is 13.2 Å². The second kappa shape index (κ2) is 4.72. The van der Waals surface area contributed by atoms with Crippen LogP contribution in [0, 0.1) is 0 Å². The summed E-state index contributed by atoms with van der Waals surface area (Å²) in [5.74, 6) is 0.534. The Bertz CT molecular complexity index is 531. The van der Waals surface area contributed by atoms with Gasteiger partial charge in [-0.05, 0) is 11.6 Å². The number of hydrogen-bond donors (Lipinski definition) is 1. The topological polar surface area (TPSA) is 29.9 Å². The number of hydrogen-bond acceptors (Lipinski definition) is 2. The third kappa shape index (κ3) is 2.64. The van der Waals surface area contributed by atoms with Crippen LogP contribution >= 0.6 is 0 Å². The van der Waals surface area contributed by atoms with Crippen molar-refractivity contribution in [1.82, 2.24) is 9.55 Å². The highest BCUT2D eigenvalue weighted by Crippen LogP contribution is 2.31. The van der Waals surface area contributed by atoms with Gasteiger partial charge in [0, 0.05) is 26.0 Å². The van der Waals surface area contributed by atoms with Gasteiger partial charge in [0.25, 0.3) is 0 Å². The molecule has 2 rings (SSSR count). The van der Waals surface area contributed by atoms with Gasteiger partial charge in [-0.15, -0.1) is 0 Å². The Kier molecular flexibility index (Phi) is 3.27. The lowest BCUT2D eigenvalue weighted by Crippen LogP contribution is -2.12. The molecule has 6 heteroatoms. The number of halogens is 3. The molecule has 0 saturated carbocycles. The first-order chi connectivity index (χ1) is 8.48. The van der Waals surface area contributed by atoms with E-state index in [9.17, 15) is 13.2 Å². The Morgan fingerprint density at radius 1 is 1.28 bits per heavy atom. The summed E-state index contributed by atoms with van der Waals surface area (Å²) in [7, 11) is 1.77. The third-order valence-corrected chi connectivity index (χ3v) is 2.58. The summed E-state index contributed by atoms with van der Waals surface area (Å²) in [5.41, 5.74) is -0.417. The molecule has 96 valence electrons. The predicted molar refractivity (Wildman–Crippen MR) is 62.0 cm³/mol. The lowest BCUT2D eigenvalue weighted by atomic mass is 10.1. The highest BCUT2D eigenvalue weighted by Gasteiger charge is 2.32. The average Bonchev–Trinajstić information content (AvgIpc) is 2.71. The minimum absolute atomic E-state index is 0.0839. The van der Waals surface area contributed by atoms with Crippen LogP contribution in [-0.2, 0) is 19.8 Å². The lowest BCUT2D eigenvalue weighted by Gasteiger charge is -2.13. The molecule has 2 aromatic rings. The van der Waals surface area contributed by atoms with E-state index >= 15 is 0 Å². The van der Waals surface area contributed by atoms with Crippen LogP contribution in [0.5, 0.6) is 0 Å². The zero-order valence-corrected chi connectivity index (χ0v) is 9.70. The smallest absolute Gasteiger partial charge is 0.352 e. The molecule has 3 nitrogen and oxygen atoms in total. The number of benzene rings is 1. The molecule has 1 aromatic heterocycles. The number of alkyl halides is 3. The van der Waals surface area contributed by atoms with Gasteiger partial charge < -0.3 is 9.88 Å². The summed E-state index contributed by atoms with van der Waals surface area (Å²) in [6.45, 7) is 0.0839. The molecule has 0 aliphatic rings. The van der Waals surface area contributed by atoms with Gasteiger partial charge in [-0.2, -0.15) is 13.2 Å². The molecule has 1 aromatic carbocycles. The van der Waals surface area contributed by atoms with Gasteiger partial charge >= 0.3 is 6.18 Å². The molecule has 1 N–H and O–H groups in total. The van der Waals surface area contributed by atoms with Crippen LogP contribution in [0.1, 0.15) is 11.1 Å². The minimum atomic E-state index is -4.33. The summed E-state index contributed by atoms with van der Waals surface area (Å²) < 4.78 is 39.9. The maximum absolute atomic E-state index is 12.7. The van der Waals surface area contributed by atoms with Crippen LogP contribution in [0.3, 0.4) is 0 Å². The molecule has 0 amide bonds. The standard InChI is InChI=1S/C12H12F3N3/c1-18-7-6-16-11(18)17-8-9-4-2-3-5-10(9)12(13,14)15/h2-7H,8H2,1H3,(H,16,17). The summed E-state index contributed by atoms with van der Waals surface area (Å²) in [6, 6.07) is 5.51. The van der Waals surface area contributed by atoms with E-state index in [1.54, 1.807) is 30.1 Å². The number of imidazole rings is 1. The molecule has 0 bridgehead atoms. The van der Waals surface area contributed by atoms with Crippen molar-refractivity contribution in [2.45, 2.75) is 12.7 Å². The fourth-order valence-electron chi connectivity index (χ4n) is 1.66. The second-order valence-electron chi connectivity index (χ2n) is 3.87. The van der Waals surface area contributed by atoms with E-state index in [1.165, 1.54) is 12.1 Å². The first-order valence-electron chi connectivity index (χ1n) is 5.35. The van der Waals surface area contributed by atoms with Crippen LogP contribution in [0.15, 0.2) is 36.7 Å². The summed E-state index contributed by atoms with van der Waals surface area (Å²) in [6.07, 6.45) is -1.03. The Hall–Kier alpha value is -1.98. The van der Waals surface area contributed by atoms with Gasteiger partial charge in [-0.1, -0.05) is 18.2 Å². The molecular weight excluding hydrogens is 243 g/mol. The zero-order valence-electron chi connectivity index (χ0n) is 9.70. The quantitative estimate of drug-likeness (QED) is 0.913. The van der Waals surface area contributed by atoms with Crippen LogP contribution < -0.4 is 5.32 Å². The Morgan fingerprint density at radius 2 is 2.00 bits per heavy atom. The number of aromatic nitrogens is 2. The lowest BCUT2D eigenvalue weighted by molar-refractivity contribution is -0.138. The van der Waals surface area contributed by atoms with Crippen molar-refractivity contribution in [2.75, 3.05) is 5.32 Å². The first kappa shape index (κ1) is 12.5. The molecule has 0 aliphatic carbocycles. The minimum Gasteiger partial charge on any atom is -0.352 e. The maximum atomic E-state index is 12.7. The zero-order chi connectivity index (χ0) is 13.2. The van der Waals surface area contributed by atoms with Crippen molar-refractivity contribution in [2.24, 2.45) is 7.05 Å². The first-order valence-corrected chi connectivity index (χ1v) is 5.35. The van der Waals surface area contributed by atoms with E-state index in [0.29, 0.717) is 5.95 Å². The van der Waals surface area contributed by atoms with Gasteiger partial charge in [-0.25, -0.2) is 4.98 Å². The Morgan fingerprint density at radius 3 is 2.61 bits per heavy atom. The van der Waals surface area contributed by atoms with Gasteiger partial charge in [-0.3, -0.25) is 0 Å². The molecule has 1 heterocycles. The molecule has 0 saturated heterocycles. The van der Waals surface area contributed by atoms with Crippen LogP contribution in [-0.4, -0.2) is 9.55 Å². The maximum Gasteiger partial charge on any atom is 0.416 e. The molecule has 0 atom stereocenters. The molecule has 0 spiro atoms. The van der Waals surface area contributed by atoms with Gasteiger partial charge in [0.15, 0.2) is 0 Å². The highest BCUT2D eigenvalue weighted by atomic mass is 19.4. The second-order valence-corrected chi connectivity index (χ2v) is 3.87. The van der Waals surface area contributed by atoms with Crippen molar-refractivity contribution >= 4 is 5.95 Å². The van der Waals surface area contributed by atoms with E-state index in [0.717, 1.165) is 6.07 Å². The highest BCUT2D eigenvalue weighted by molar-refractivity contribution is 5.34. The van der Waals surface area contributed by atoms with Gasteiger partial charge in [0.2, 0.25) is 5.95 Å². The molecule has 0 fully saturated rings. The van der Waals surface area contributed by atoms with Crippen LogP contribution in [0.25, 0.3) is 0 Å². The molecule has 0 aliphatic heterocycles.